The van der Waals surface area contributed by atoms with Gasteiger partial charge in [0.2, 0.25) is 5.91 Å². The molecule has 0 unspecified atom stereocenters. The average Bonchev–Trinajstić information content (AvgIpc) is 3.16. The lowest BCUT2D eigenvalue weighted by Gasteiger charge is -2.35. The van der Waals surface area contributed by atoms with Crippen molar-refractivity contribution in [1.29, 1.82) is 0 Å². The minimum atomic E-state index is -1.41. The van der Waals surface area contributed by atoms with Gasteiger partial charge in [0.05, 0.1) is 0 Å². The summed E-state index contributed by atoms with van der Waals surface area (Å²) in [6.45, 7) is 0.782. The summed E-state index contributed by atoms with van der Waals surface area (Å²) in [6.07, 6.45) is -0.410. The van der Waals surface area contributed by atoms with E-state index in [0.717, 1.165) is 22.3 Å². The van der Waals surface area contributed by atoms with Gasteiger partial charge >= 0.3 is 12.1 Å². The highest BCUT2D eigenvalue weighted by Crippen LogP contribution is 2.44. The molecule has 0 spiro atoms. The van der Waals surface area contributed by atoms with Crippen LogP contribution in [-0.2, 0) is 19.1 Å². The minimum Gasteiger partial charge on any atom is -0.480 e. The zero-order valence-corrected chi connectivity index (χ0v) is 20.0. The summed E-state index contributed by atoms with van der Waals surface area (Å²) in [6, 6.07) is 15.1. The molecule has 9 nitrogen and oxygen atoms in total. The number of carboxylic acid groups (broad SMARTS) is 1. The number of nitrogens with one attached hydrogen (secondary N) is 2. The number of carboxylic acids is 1. The van der Waals surface area contributed by atoms with Crippen LogP contribution in [0.25, 0.3) is 11.1 Å². The third kappa shape index (κ3) is 5.31. The molecule has 2 aromatic rings. The maximum atomic E-state index is 13.1. The number of benzene rings is 2. The van der Waals surface area contributed by atoms with Crippen molar-refractivity contribution >= 4 is 18.0 Å². The minimum absolute atomic E-state index is 0.105. The van der Waals surface area contributed by atoms with E-state index in [1.165, 1.54) is 0 Å². The van der Waals surface area contributed by atoms with Gasteiger partial charge in [-0.15, -0.1) is 0 Å². The molecular formula is C26H31N3O6. The Morgan fingerprint density at radius 1 is 1.06 bits per heavy atom. The van der Waals surface area contributed by atoms with Gasteiger partial charge in [-0.05, 0) is 36.3 Å². The molecule has 1 aliphatic heterocycles. The van der Waals surface area contributed by atoms with Crippen molar-refractivity contribution in [3.8, 4) is 11.1 Å². The van der Waals surface area contributed by atoms with Crippen LogP contribution in [0.5, 0.6) is 0 Å². The number of likely N-dealkylation sites (N-methyl/N-ethyl adjacent to an activating group) is 1. The lowest BCUT2D eigenvalue weighted by Crippen LogP contribution is -2.62. The van der Waals surface area contributed by atoms with Crippen molar-refractivity contribution in [2.75, 3.05) is 40.5 Å². The lowest BCUT2D eigenvalue weighted by molar-refractivity contribution is -0.152. The fraction of sp³-hybridized carbons (Fsp3) is 0.423. The number of amides is 2. The molecule has 1 aliphatic carbocycles. The number of hydrogen-bond acceptors (Lipinski definition) is 6. The first-order chi connectivity index (χ1) is 16.8. The van der Waals surface area contributed by atoms with Crippen LogP contribution in [0.1, 0.15) is 29.9 Å². The zero-order chi connectivity index (χ0) is 25.0. The standard InChI is InChI=1S/C26H31N3O6/c1-29(2)15-22(23(30)28-26(24(31)32)11-13-34-14-12-26)27-25(33)35-16-21-19-9-5-3-7-17(19)18-8-4-6-10-20(18)21/h3-10,21-22H,11-16H2,1-2H3,(H,27,33)(H,28,30)(H,31,32)/t22-/m0/s1. The summed E-state index contributed by atoms with van der Waals surface area (Å²) in [5.41, 5.74) is 3.01. The van der Waals surface area contributed by atoms with Crippen LogP contribution < -0.4 is 10.6 Å². The maximum absolute atomic E-state index is 13.1. The van der Waals surface area contributed by atoms with Crippen LogP contribution >= 0.6 is 0 Å². The molecule has 2 aromatic carbocycles. The summed E-state index contributed by atoms with van der Waals surface area (Å²) < 4.78 is 10.8. The molecule has 3 N–H and O–H groups in total. The number of fused-ring (bicyclic) bond motifs is 3. The quantitative estimate of drug-likeness (QED) is 0.529. The van der Waals surface area contributed by atoms with Gasteiger partial charge in [0.1, 0.15) is 18.2 Å². The van der Waals surface area contributed by atoms with Crippen LogP contribution in [0.3, 0.4) is 0 Å². The molecule has 186 valence electrons. The van der Waals surface area contributed by atoms with E-state index in [-0.39, 0.29) is 45.1 Å². The number of alkyl carbamates (subject to hydrolysis) is 1. The van der Waals surface area contributed by atoms with Crippen molar-refractivity contribution in [2.24, 2.45) is 0 Å². The molecule has 0 bridgehead atoms. The average molecular weight is 482 g/mol. The fourth-order valence-electron chi connectivity index (χ4n) is 4.78. The molecule has 2 amide bonds. The highest BCUT2D eigenvalue weighted by molar-refractivity contribution is 5.91. The topological polar surface area (TPSA) is 117 Å². The fourth-order valence-corrected chi connectivity index (χ4v) is 4.78. The molecule has 1 fully saturated rings. The Hall–Kier alpha value is -3.43. The summed E-state index contributed by atoms with van der Waals surface area (Å²) in [4.78, 5) is 39.5. The number of carbonyl (C=O) groups is 3. The van der Waals surface area contributed by atoms with Crippen molar-refractivity contribution < 1.29 is 29.0 Å². The smallest absolute Gasteiger partial charge is 0.407 e. The second-order valence-corrected chi connectivity index (χ2v) is 9.27. The molecular weight excluding hydrogens is 450 g/mol. The van der Waals surface area contributed by atoms with E-state index in [4.69, 9.17) is 9.47 Å². The first-order valence-corrected chi connectivity index (χ1v) is 11.7. The van der Waals surface area contributed by atoms with Gasteiger partial charge in [-0.1, -0.05) is 48.5 Å². The van der Waals surface area contributed by atoms with E-state index in [1.807, 2.05) is 36.4 Å². The zero-order valence-electron chi connectivity index (χ0n) is 20.0. The number of aliphatic carboxylic acids is 1. The summed E-state index contributed by atoms with van der Waals surface area (Å²) >= 11 is 0. The van der Waals surface area contributed by atoms with E-state index < -0.39 is 29.6 Å². The third-order valence-corrected chi connectivity index (χ3v) is 6.62. The predicted molar refractivity (Wildman–Crippen MR) is 129 cm³/mol. The maximum Gasteiger partial charge on any atom is 0.407 e. The number of rotatable bonds is 8. The van der Waals surface area contributed by atoms with Crippen LogP contribution in [0.4, 0.5) is 4.79 Å². The third-order valence-electron chi connectivity index (χ3n) is 6.62. The molecule has 35 heavy (non-hydrogen) atoms. The van der Waals surface area contributed by atoms with Crippen molar-refractivity contribution in [3.05, 3.63) is 59.7 Å². The van der Waals surface area contributed by atoms with Crippen molar-refractivity contribution in [2.45, 2.75) is 30.3 Å². The summed E-state index contributed by atoms with van der Waals surface area (Å²) in [5, 5.41) is 15.0. The molecule has 1 saturated heterocycles. The Morgan fingerprint density at radius 3 is 2.17 bits per heavy atom. The molecule has 0 radical (unpaired) electrons. The summed E-state index contributed by atoms with van der Waals surface area (Å²) in [7, 11) is 3.53. The second kappa shape index (κ2) is 10.5. The van der Waals surface area contributed by atoms with E-state index in [9.17, 15) is 19.5 Å². The molecule has 0 saturated carbocycles. The number of nitrogens with zero attached hydrogens (tertiary/aromatic N) is 1. The van der Waals surface area contributed by atoms with Crippen LogP contribution in [0.15, 0.2) is 48.5 Å². The second-order valence-electron chi connectivity index (χ2n) is 9.27. The summed E-state index contributed by atoms with van der Waals surface area (Å²) in [5.74, 6) is -1.79. The Bertz CT molecular complexity index is 1050. The van der Waals surface area contributed by atoms with Gasteiger partial charge < -0.3 is 30.1 Å². The van der Waals surface area contributed by atoms with Gasteiger partial charge in [0.15, 0.2) is 0 Å². The van der Waals surface area contributed by atoms with Gasteiger partial charge in [-0.3, -0.25) is 4.79 Å². The Kier molecular flexibility index (Phi) is 7.37. The van der Waals surface area contributed by atoms with E-state index in [2.05, 4.69) is 22.8 Å². The normalized spacial score (nSPS) is 17.2. The highest BCUT2D eigenvalue weighted by atomic mass is 16.5. The van der Waals surface area contributed by atoms with Crippen molar-refractivity contribution in [3.63, 3.8) is 0 Å². The Balaban J connectivity index is 1.43. The SMILES string of the molecule is CN(C)C[C@H](NC(=O)OCC1c2ccccc2-c2ccccc21)C(=O)NC1(C(=O)O)CCOCC1. The first kappa shape index (κ1) is 24.7. The van der Waals surface area contributed by atoms with Crippen LogP contribution in [-0.4, -0.2) is 80.0 Å². The number of ether oxygens (including phenoxy) is 2. The molecule has 1 atom stereocenters. The van der Waals surface area contributed by atoms with E-state index >= 15 is 0 Å². The van der Waals surface area contributed by atoms with Gasteiger partial charge in [-0.2, -0.15) is 0 Å². The van der Waals surface area contributed by atoms with Crippen LogP contribution in [0, 0.1) is 0 Å². The number of carbonyl (C=O) groups excluding carboxylic acids is 2. The molecule has 9 heteroatoms. The van der Waals surface area contributed by atoms with E-state index in [1.54, 1.807) is 19.0 Å². The van der Waals surface area contributed by atoms with Gasteiger partial charge in [0.25, 0.3) is 0 Å². The molecule has 0 aromatic heterocycles. The van der Waals surface area contributed by atoms with Gasteiger partial charge in [0, 0.05) is 38.5 Å². The van der Waals surface area contributed by atoms with Crippen molar-refractivity contribution in [1.82, 2.24) is 15.5 Å². The molecule has 1 heterocycles. The number of hydrogen-bond donors (Lipinski definition) is 3. The highest BCUT2D eigenvalue weighted by Gasteiger charge is 2.43. The van der Waals surface area contributed by atoms with E-state index in [0.29, 0.717) is 0 Å². The Morgan fingerprint density at radius 2 is 1.63 bits per heavy atom. The van der Waals surface area contributed by atoms with Gasteiger partial charge in [-0.25, -0.2) is 9.59 Å². The Labute approximate surface area is 204 Å². The monoisotopic (exact) mass is 481 g/mol. The molecule has 2 aliphatic rings. The van der Waals surface area contributed by atoms with Crippen LogP contribution in [0.2, 0.25) is 0 Å². The predicted octanol–water partition coefficient (Wildman–Crippen LogP) is 2.21. The lowest BCUT2D eigenvalue weighted by atomic mass is 9.89. The molecule has 4 rings (SSSR count). The first-order valence-electron chi connectivity index (χ1n) is 11.7. The largest absolute Gasteiger partial charge is 0.480 e.